The molecule has 0 aliphatic carbocycles. The van der Waals surface area contributed by atoms with Gasteiger partial charge in [0, 0.05) is 54.7 Å². The number of rotatable bonds is 6. The fourth-order valence-electron chi connectivity index (χ4n) is 10.4. The van der Waals surface area contributed by atoms with Crippen molar-refractivity contribution in [3.63, 3.8) is 0 Å². The van der Waals surface area contributed by atoms with Gasteiger partial charge in [0.2, 0.25) is 0 Å². The maximum Gasteiger partial charge on any atom is 0.164 e. The number of benzene rings is 10. The normalized spacial score (nSPS) is 11.9. The van der Waals surface area contributed by atoms with Gasteiger partial charge in [0.25, 0.3) is 0 Å². The van der Waals surface area contributed by atoms with Crippen LogP contribution in [0.15, 0.2) is 229 Å². The van der Waals surface area contributed by atoms with Crippen LogP contribution in [0.2, 0.25) is 0 Å². The molecule has 0 bridgehead atoms. The summed E-state index contributed by atoms with van der Waals surface area (Å²) in [4.78, 5) is 16.1. The Hall–Kier alpha value is -9.13. The van der Waals surface area contributed by atoms with Crippen molar-refractivity contribution >= 4 is 76.3 Å². The molecule has 0 fully saturated rings. The summed E-state index contributed by atoms with van der Waals surface area (Å²) in [6.45, 7) is 0. The summed E-state index contributed by atoms with van der Waals surface area (Å²) in [6, 6.07) is 79.3. The summed E-state index contributed by atoms with van der Waals surface area (Å²) in [7, 11) is 0. The number of hydrogen-bond acceptors (Lipinski definition) is 4. The molecular formula is C61H37N5O. The Balaban J connectivity index is 1.04. The van der Waals surface area contributed by atoms with Gasteiger partial charge in [-0.1, -0.05) is 170 Å². The van der Waals surface area contributed by atoms with Gasteiger partial charge in [0.15, 0.2) is 17.5 Å². The third kappa shape index (κ3) is 5.80. The fourth-order valence-corrected chi connectivity index (χ4v) is 10.4. The summed E-state index contributed by atoms with van der Waals surface area (Å²) >= 11 is 0. The van der Waals surface area contributed by atoms with E-state index in [0.717, 1.165) is 93.6 Å². The van der Waals surface area contributed by atoms with E-state index in [-0.39, 0.29) is 0 Å². The van der Waals surface area contributed by atoms with Crippen molar-refractivity contribution in [1.29, 1.82) is 0 Å². The summed E-state index contributed by atoms with van der Waals surface area (Å²) in [5, 5.41) is 8.83. The van der Waals surface area contributed by atoms with Gasteiger partial charge in [-0.05, 0) is 76.5 Å². The van der Waals surface area contributed by atoms with Gasteiger partial charge < -0.3 is 13.6 Å². The maximum atomic E-state index is 6.38. The highest BCUT2D eigenvalue weighted by Gasteiger charge is 2.24. The Morgan fingerprint density at radius 1 is 0.328 bits per heavy atom. The molecule has 0 saturated carbocycles. The Kier molecular flexibility index (Phi) is 8.18. The van der Waals surface area contributed by atoms with Crippen molar-refractivity contribution in [1.82, 2.24) is 24.1 Å². The number of fused-ring (bicyclic) bond motifs is 10. The minimum atomic E-state index is 0.582. The molecule has 0 saturated heterocycles. The Morgan fingerprint density at radius 2 is 0.925 bits per heavy atom. The highest BCUT2D eigenvalue weighted by atomic mass is 16.3. The van der Waals surface area contributed by atoms with Crippen LogP contribution in [0.25, 0.3) is 133 Å². The average molecular weight is 856 g/mol. The van der Waals surface area contributed by atoms with E-state index in [4.69, 9.17) is 19.4 Å². The van der Waals surface area contributed by atoms with Crippen LogP contribution in [0.4, 0.5) is 0 Å². The lowest BCUT2D eigenvalue weighted by atomic mass is 10.0. The molecule has 6 nitrogen and oxygen atoms in total. The second-order valence-electron chi connectivity index (χ2n) is 17.1. The zero-order valence-electron chi connectivity index (χ0n) is 36.0. The Morgan fingerprint density at radius 3 is 1.78 bits per heavy atom. The topological polar surface area (TPSA) is 61.7 Å². The first kappa shape index (κ1) is 37.3. The minimum Gasteiger partial charge on any atom is -0.456 e. The fraction of sp³-hybridized carbons (Fsp3) is 0. The highest BCUT2D eigenvalue weighted by Crippen LogP contribution is 2.43. The van der Waals surface area contributed by atoms with Crippen LogP contribution in [0.3, 0.4) is 0 Å². The van der Waals surface area contributed by atoms with Crippen LogP contribution < -0.4 is 0 Å². The van der Waals surface area contributed by atoms with E-state index in [1.807, 2.05) is 30.3 Å². The van der Waals surface area contributed by atoms with Crippen molar-refractivity contribution in [2.24, 2.45) is 0 Å². The molecule has 0 spiro atoms. The quantitative estimate of drug-likeness (QED) is 0.167. The molecular weight excluding hydrogens is 819 g/mol. The molecule has 0 N–H and O–H groups in total. The summed E-state index contributed by atoms with van der Waals surface area (Å²) in [5.74, 6) is 1.78. The molecule has 6 heteroatoms. The number of nitrogens with zero attached hydrogens (tertiary/aromatic N) is 5. The number of para-hydroxylation sites is 4. The number of hydrogen-bond donors (Lipinski definition) is 0. The zero-order chi connectivity index (χ0) is 44.0. The summed E-state index contributed by atoms with van der Waals surface area (Å²) in [6.07, 6.45) is 0. The molecule has 14 aromatic rings. The predicted octanol–water partition coefficient (Wildman–Crippen LogP) is 15.8. The second kappa shape index (κ2) is 14.7. The number of furan rings is 1. The van der Waals surface area contributed by atoms with E-state index in [1.165, 1.54) is 21.9 Å². The molecule has 0 aliphatic heterocycles. The lowest BCUT2D eigenvalue weighted by Gasteiger charge is -2.15. The molecule has 0 atom stereocenters. The molecule has 0 amide bonds. The Labute approximate surface area is 384 Å². The second-order valence-corrected chi connectivity index (χ2v) is 17.1. The first-order chi connectivity index (χ1) is 33.2. The van der Waals surface area contributed by atoms with Crippen molar-refractivity contribution < 1.29 is 4.42 Å². The van der Waals surface area contributed by atoms with Gasteiger partial charge in [0.1, 0.15) is 11.2 Å². The molecule has 67 heavy (non-hydrogen) atoms. The van der Waals surface area contributed by atoms with Gasteiger partial charge in [-0.2, -0.15) is 0 Å². The van der Waals surface area contributed by atoms with Crippen LogP contribution in [-0.2, 0) is 0 Å². The highest BCUT2D eigenvalue weighted by molar-refractivity contribution is 6.18. The summed E-state index contributed by atoms with van der Waals surface area (Å²) in [5.41, 5.74) is 13.3. The predicted molar refractivity (Wildman–Crippen MR) is 275 cm³/mol. The van der Waals surface area contributed by atoms with E-state index in [1.54, 1.807) is 0 Å². The van der Waals surface area contributed by atoms with Crippen LogP contribution >= 0.6 is 0 Å². The smallest absolute Gasteiger partial charge is 0.164 e. The lowest BCUT2D eigenvalue weighted by Crippen LogP contribution is -2.02. The van der Waals surface area contributed by atoms with E-state index in [9.17, 15) is 0 Å². The van der Waals surface area contributed by atoms with E-state index in [0.29, 0.717) is 17.5 Å². The number of aromatic nitrogens is 5. The maximum absolute atomic E-state index is 6.38. The molecule has 0 aliphatic rings. The first-order valence-corrected chi connectivity index (χ1v) is 22.6. The molecule has 0 unspecified atom stereocenters. The van der Waals surface area contributed by atoms with Crippen LogP contribution in [0.1, 0.15) is 0 Å². The van der Waals surface area contributed by atoms with Crippen molar-refractivity contribution in [3.8, 4) is 56.7 Å². The standard InChI is InChI=1S/C61H37N5O/c1-2-16-38(17-3-1)41-20-12-21-43(37-41)65-50-28-9-6-22-44(50)45-25-13-31-53(58(45)65)66-51-29-10-7-23-46(51)56-48(26-14-30-52(56)66)60-62-59(42-35-34-39-18-4-5-19-40(39)36-42)63-61(64-60)49-27-15-33-55-57(49)47-24-8-11-32-54(47)67-55/h1-37H. The third-order valence-corrected chi connectivity index (χ3v) is 13.4. The van der Waals surface area contributed by atoms with Crippen molar-refractivity contribution in [3.05, 3.63) is 224 Å². The minimum absolute atomic E-state index is 0.582. The van der Waals surface area contributed by atoms with Gasteiger partial charge in [-0.3, -0.25) is 0 Å². The first-order valence-electron chi connectivity index (χ1n) is 22.6. The molecule has 0 radical (unpaired) electrons. The van der Waals surface area contributed by atoms with Crippen molar-refractivity contribution in [2.75, 3.05) is 0 Å². The van der Waals surface area contributed by atoms with Gasteiger partial charge >= 0.3 is 0 Å². The zero-order valence-corrected chi connectivity index (χ0v) is 36.0. The molecule has 4 aromatic heterocycles. The van der Waals surface area contributed by atoms with E-state index >= 15 is 0 Å². The van der Waals surface area contributed by atoms with E-state index < -0.39 is 0 Å². The van der Waals surface area contributed by atoms with Crippen LogP contribution in [0, 0.1) is 0 Å². The van der Waals surface area contributed by atoms with Crippen LogP contribution in [-0.4, -0.2) is 24.1 Å². The Bertz CT molecular complexity index is 4290. The lowest BCUT2D eigenvalue weighted by molar-refractivity contribution is 0.669. The third-order valence-electron chi connectivity index (χ3n) is 13.4. The van der Waals surface area contributed by atoms with Crippen molar-refractivity contribution in [2.45, 2.75) is 0 Å². The summed E-state index contributed by atoms with van der Waals surface area (Å²) < 4.78 is 11.2. The molecule has 10 aromatic carbocycles. The molecule has 4 heterocycles. The van der Waals surface area contributed by atoms with Gasteiger partial charge in [-0.25, -0.2) is 15.0 Å². The monoisotopic (exact) mass is 855 g/mol. The largest absolute Gasteiger partial charge is 0.456 e. The van der Waals surface area contributed by atoms with Crippen LogP contribution in [0.5, 0.6) is 0 Å². The van der Waals surface area contributed by atoms with Gasteiger partial charge in [0.05, 0.1) is 27.8 Å². The van der Waals surface area contributed by atoms with Gasteiger partial charge in [-0.15, -0.1) is 0 Å². The molecule has 14 rings (SSSR count). The average Bonchev–Trinajstić information content (AvgIpc) is 4.07. The SMILES string of the molecule is c1ccc(-c2cccc(-n3c4ccccc4c4cccc(-n5c6ccccc6c6c(-c7nc(-c8ccc9ccccc9c8)nc(-c8cccc9oc%10ccccc%10c89)n7)cccc65)c43)c2)cc1. The molecule has 312 valence electrons. The van der Waals surface area contributed by atoms with E-state index in [2.05, 4.69) is 203 Å².